The molecule has 1 aliphatic rings. The molecule has 1 saturated carbocycles. The van der Waals surface area contributed by atoms with Gasteiger partial charge in [0.1, 0.15) is 0 Å². The normalized spacial score (nSPS) is 23.2. The Kier molecular flexibility index (Phi) is 8.35. The Morgan fingerprint density at radius 1 is 1.04 bits per heavy atom. The van der Waals surface area contributed by atoms with Gasteiger partial charge < -0.3 is 26.3 Å². The summed E-state index contributed by atoms with van der Waals surface area (Å²) in [6.45, 7) is 8.04. The first kappa shape index (κ1) is 21.4. The zero-order valence-electron chi connectivity index (χ0n) is 15.8. The van der Waals surface area contributed by atoms with E-state index < -0.39 is 12.0 Å². The van der Waals surface area contributed by atoms with Gasteiger partial charge in [-0.2, -0.15) is 0 Å². The molecule has 1 rings (SSSR count). The van der Waals surface area contributed by atoms with Crippen LogP contribution in [-0.2, 0) is 14.4 Å². The summed E-state index contributed by atoms with van der Waals surface area (Å²) in [6, 6.07) is -1.20. The first-order valence-electron chi connectivity index (χ1n) is 9.25. The summed E-state index contributed by atoms with van der Waals surface area (Å²) in [5.41, 5.74) is 3.87. The van der Waals surface area contributed by atoms with Crippen LogP contribution in [0, 0.1) is 23.7 Å². The van der Waals surface area contributed by atoms with Crippen molar-refractivity contribution in [3.63, 3.8) is 0 Å². The summed E-state index contributed by atoms with van der Waals surface area (Å²) in [7, 11) is 0. The van der Waals surface area contributed by atoms with Crippen molar-refractivity contribution >= 4 is 17.8 Å². The Morgan fingerprint density at radius 3 is 2.04 bits per heavy atom. The van der Waals surface area contributed by atoms with E-state index in [4.69, 9.17) is 0 Å². The highest BCUT2D eigenvalue weighted by molar-refractivity contribution is 5.84. The van der Waals surface area contributed by atoms with Crippen molar-refractivity contribution in [2.75, 3.05) is 6.54 Å². The summed E-state index contributed by atoms with van der Waals surface area (Å²) in [5.74, 6) is -1.29. The molecule has 144 valence electrons. The average Bonchev–Trinajstić information content (AvgIpc) is 2.56. The van der Waals surface area contributed by atoms with E-state index in [1.807, 2.05) is 13.8 Å². The predicted octanol–water partition coefficient (Wildman–Crippen LogP) is -0.934. The van der Waals surface area contributed by atoms with Gasteiger partial charge in [-0.25, -0.2) is 0 Å². The number of nitrogens with one attached hydrogen (secondary N) is 2. The number of amides is 2. The van der Waals surface area contributed by atoms with Crippen LogP contribution in [0.3, 0.4) is 0 Å². The van der Waals surface area contributed by atoms with Crippen molar-refractivity contribution in [1.29, 1.82) is 0 Å². The van der Waals surface area contributed by atoms with Crippen LogP contribution in [-0.4, -0.2) is 36.4 Å². The molecule has 0 heterocycles. The summed E-state index contributed by atoms with van der Waals surface area (Å²) < 4.78 is 0. The smallest absolute Gasteiger partial charge is 0.278 e. The molecule has 5 N–H and O–H groups in total. The minimum absolute atomic E-state index is 0.0244. The van der Waals surface area contributed by atoms with E-state index in [9.17, 15) is 19.5 Å². The maximum absolute atomic E-state index is 12.3. The number of carbonyl (C=O) groups is 3. The molecule has 0 spiro atoms. The lowest BCUT2D eigenvalue weighted by Gasteiger charge is -2.30. The van der Waals surface area contributed by atoms with Crippen molar-refractivity contribution in [1.82, 2.24) is 10.6 Å². The van der Waals surface area contributed by atoms with Crippen molar-refractivity contribution < 1.29 is 25.2 Å². The summed E-state index contributed by atoms with van der Waals surface area (Å²) in [6.07, 6.45) is 3.11. The van der Waals surface area contributed by atoms with Crippen molar-refractivity contribution in [3.05, 3.63) is 0 Å². The highest BCUT2D eigenvalue weighted by Gasteiger charge is 2.29. The van der Waals surface area contributed by atoms with Crippen LogP contribution in [0.15, 0.2) is 0 Å². The van der Waals surface area contributed by atoms with Crippen molar-refractivity contribution in [2.45, 2.75) is 65.5 Å². The van der Waals surface area contributed by atoms with Crippen LogP contribution in [0.1, 0.15) is 53.4 Å². The molecular formula is C18H33N3O4. The van der Waals surface area contributed by atoms with Gasteiger partial charge >= 0.3 is 0 Å². The summed E-state index contributed by atoms with van der Waals surface area (Å²) in [4.78, 5) is 35.3. The minimum atomic E-state index is -1.24. The molecule has 0 aromatic heterocycles. The van der Waals surface area contributed by atoms with Gasteiger partial charge in [-0.05, 0) is 37.5 Å². The molecule has 7 nitrogen and oxygen atoms in total. The molecule has 0 unspecified atom stereocenters. The average molecular weight is 355 g/mol. The maximum atomic E-state index is 12.3. The number of carboxylic acid groups (broad SMARTS) is 1. The Bertz CT molecular complexity index is 471. The van der Waals surface area contributed by atoms with E-state index in [0.29, 0.717) is 25.3 Å². The molecule has 0 saturated heterocycles. The molecule has 2 atom stereocenters. The van der Waals surface area contributed by atoms with E-state index >= 15 is 0 Å². The second-order valence-electron chi connectivity index (χ2n) is 7.86. The molecule has 0 aliphatic heterocycles. The van der Waals surface area contributed by atoms with E-state index in [-0.39, 0.29) is 35.6 Å². The van der Waals surface area contributed by atoms with E-state index in [1.54, 1.807) is 13.8 Å². The number of aliphatic carboxylic acids is 1. The Labute approximate surface area is 150 Å². The number of quaternary nitrogens is 1. The van der Waals surface area contributed by atoms with Gasteiger partial charge in [0.15, 0.2) is 6.04 Å². The fourth-order valence-corrected chi connectivity index (χ4v) is 3.08. The topological polar surface area (TPSA) is 126 Å². The molecule has 1 fully saturated rings. The van der Waals surface area contributed by atoms with E-state index in [0.717, 1.165) is 12.8 Å². The fraction of sp³-hybridized carbons (Fsp3) is 0.833. The van der Waals surface area contributed by atoms with E-state index in [2.05, 4.69) is 16.4 Å². The molecule has 0 aromatic carbocycles. The van der Waals surface area contributed by atoms with Gasteiger partial charge in [0.25, 0.3) is 5.91 Å². The maximum Gasteiger partial charge on any atom is 0.278 e. The van der Waals surface area contributed by atoms with Crippen molar-refractivity contribution in [3.8, 4) is 0 Å². The van der Waals surface area contributed by atoms with Crippen LogP contribution < -0.4 is 21.5 Å². The van der Waals surface area contributed by atoms with Crippen LogP contribution in [0.5, 0.6) is 0 Å². The zero-order chi connectivity index (χ0) is 19.1. The van der Waals surface area contributed by atoms with Crippen LogP contribution in [0.4, 0.5) is 0 Å². The Balaban J connectivity index is 2.39. The van der Waals surface area contributed by atoms with Gasteiger partial charge in [0, 0.05) is 18.4 Å². The van der Waals surface area contributed by atoms with Gasteiger partial charge in [-0.3, -0.25) is 9.59 Å². The lowest BCUT2D eigenvalue weighted by Crippen LogP contribution is -2.70. The molecule has 7 heteroatoms. The minimum Gasteiger partial charge on any atom is -0.548 e. The summed E-state index contributed by atoms with van der Waals surface area (Å²) in [5, 5.41) is 16.6. The monoisotopic (exact) mass is 355 g/mol. The molecule has 25 heavy (non-hydrogen) atoms. The molecule has 0 radical (unpaired) electrons. The van der Waals surface area contributed by atoms with Gasteiger partial charge in [-0.15, -0.1) is 0 Å². The third kappa shape index (κ3) is 6.65. The largest absolute Gasteiger partial charge is 0.548 e. The van der Waals surface area contributed by atoms with Gasteiger partial charge in [-0.1, -0.05) is 27.7 Å². The zero-order valence-corrected chi connectivity index (χ0v) is 15.8. The Morgan fingerprint density at radius 2 is 1.60 bits per heavy atom. The van der Waals surface area contributed by atoms with Gasteiger partial charge in [0.05, 0.1) is 12.0 Å². The lowest BCUT2D eigenvalue weighted by atomic mass is 9.81. The highest BCUT2D eigenvalue weighted by atomic mass is 16.4. The first-order chi connectivity index (χ1) is 11.6. The molecule has 2 amide bonds. The van der Waals surface area contributed by atoms with Crippen LogP contribution in [0.25, 0.3) is 0 Å². The molecule has 0 aromatic rings. The first-order valence-corrected chi connectivity index (χ1v) is 9.25. The number of carbonyl (C=O) groups excluding carboxylic acids is 3. The fourth-order valence-electron chi connectivity index (χ4n) is 3.08. The second-order valence-corrected chi connectivity index (χ2v) is 7.86. The standard InChI is InChI=1S/C18H33N3O4/c1-10(2)14(19)17(23)20-9-12-5-7-13(8-6-12)16(22)21-15(11(3)4)18(24)25/h10-15H,5-9,19H2,1-4H3,(H,20,23)(H,21,22)(H,24,25)/t12?,13?,14-,15+/m1/s1. The number of carboxylic acids is 1. The number of rotatable bonds is 8. The van der Waals surface area contributed by atoms with Crippen LogP contribution >= 0.6 is 0 Å². The lowest BCUT2D eigenvalue weighted by molar-refractivity contribution is -0.414. The highest BCUT2D eigenvalue weighted by Crippen LogP contribution is 2.28. The molecule has 0 bridgehead atoms. The van der Waals surface area contributed by atoms with Crippen LogP contribution in [0.2, 0.25) is 0 Å². The van der Waals surface area contributed by atoms with E-state index in [1.165, 1.54) is 0 Å². The Hall–Kier alpha value is -1.63. The third-order valence-corrected chi connectivity index (χ3v) is 5.14. The third-order valence-electron chi connectivity index (χ3n) is 5.14. The summed E-state index contributed by atoms with van der Waals surface area (Å²) >= 11 is 0. The predicted molar refractivity (Wildman–Crippen MR) is 91.7 cm³/mol. The van der Waals surface area contributed by atoms with Gasteiger partial charge in [0.2, 0.25) is 5.91 Å². The second kappa shape index (κ2) is 9.75. The quantitative estimate of drug-likeness (QED) is 0.520. The molecular weight excluding hydrogens is 322 g/mol. The molecule has 1 aliphatic carbocycles. The SMILES string of the molecule is CC(C)[C@H](NC(=O)C1CCC(CNC(=O)[C@H]([NH3+])C(C)C)CC1)C(=O)[O-]. The number of hydrogen-bond acceptors (Lipinski definition) is 4. The number of hydrogen-bond donors (Lipinski definition) is 3. The van der Waals surface area contributed by atoms with Crippen molar-refractivity contribution in [2.24, 2.45) is 23.7 Å².